The van der Waals surface area contributed by atoms with Crippen molar-refractivity contribution < 1.29 is 14.6 Å². The van der Waals surface area contributed by atoms with Gasteiger partial charge in [0.1, 0.15) is 0 Å². The summed E-state index contributed by atoms with van der Waals surface area (Å²) in [6.45, 7) is 4.84. The number of allylic oxidation sites excluding steroid dienone is 2. The fourth-order valence-corrected chi connectivity index (χ4v) is 4.00. The van der Waals surface area contributed by atoms with Crippen LogP contribution < -0.4 is 10.2 Å². The van der Waals surface area contributed by atoms with Gasteiger partial charge in [-0.3, -0.25) is 9.78 Å². The lowest BCUT2D eigenvalue weighted by molar-refractivity contribution is 0.0128. The van der Waals surface area contributed by atoms with Gasteiger partial charge in [-0.25, -0.2) is 0 Å². The van der Waals surface area contributed by atoms with Crippen LogP contribution in [-0.4, -0.2) is 79.5 Å². The van der Waals surface area contributed by atoms with Crippen molar-refractivity contribution in [1.29, 1.82) is 0 Å². The van der Waals surface area contributed by atoms with E-state index < -0.39 is 6.23 Å². The number of carbonyl (C=O) groups is 1. The number of rotatable bonds is 5. The van der Waals surface area contributed by atoms with Crippen LogP contribution in [0, 0.1) is 6.92 Å². The number of hydrogen-bond donors (Lipinski definition) is 2. The molecule has 1 aromatic carbocycles. The van der Waals surface area contributed by atoms with E-state index in [1.54, 1.807) is 12.4 Å². The minimum atomic E-state index is -0.702. The zero-order valence-electron chi connectivity index (χ0n) is 19.6. The first-order valence-corrected chi connectivity index (χ1v) is 11.0. The Kier molecular flexibility index (Phi) is 6.67. The van der Waals surface area contributed by atoms with Gasteiger partial charge >= 0.3 is 0 Å². The van der Waals surface area contributed by atoms with E-state index in [2.05, 4.69) is 15.2 Å². The molecular weight excluding hydrogens is 418 g/mol. The van der Waals surface area contributed by atoms with Gasteiger partial charge in [-0.05, 0) is 47.9 Å². The first kappa shape index (κ1) is 22.8. The third-order valence-electron chi connectivity index (χ3n) is 5.98. The Morgan fingerprint density at radius 3 is 2.70 bits per heavy atom. The van der Waals surface area contributed by atoms with Crippen LogP contribution in [0.3, 0.4) is 0 Å². The van der Waals surface area contributed by atoms with E-state index in [0.29, 0.717) is 24.5 Å². The molecule has 174 valence electrons. The summed E-state index contributed by atoms with van der Waals surface area (Å²) in [6, 6.07) is 7.68. The molecule has 1 saturated heterocycles. The Labute approximate surface area is 194 Å². The van der Waals surface area contributed by atoms with Crippen LogP contribution in [0.2, 0.25) is 0 Å². The van der Waals surface area contributed by atoms with Gasteiger partial charge < -0.3 is 29.9 Å². The van der Waals surface area contributed by atoms with Gasteiger partial charge in [-0.1, -0.05) is 6.07 Å². The number of nitrogens with one attached hydrogen (secondary N) is 1. The molecule has 3 heterocycles. The summed E-state index contributed by atoms with van der Waals surface area (Å²) >= 11 is 0. The molecule has 33 heavy (non-hydrogen) atoms. The highest BCUT2D eigenvalue weighted by Gasteiger charge is 2.26. The molecule has 0 aliphatic carbocycles. The maximum atomic E-state index is 12.9. The molecule has 1 atom stereocenters. The molecule has 2 N–H and O–H groups in total. The van der Waals surface area contributed by atoms with E-state index in [4.69, 9.17) is 4.74 Å². The Morgan fingerprint density at radius 1 is 1.21 bits per heavy atom. The van der Waals surface area contributed by atoms with Crippen molar-refractivity contribution in [3.05, 3.63) is 71.3 Å². The second kappa shape index (κ2) is 9.64. The average molecular weight is 450 g/mol. The first-order valence-electron chi connectivity index (χ1n) is 11.0. The van der Waals surface area contributed by atoms with Crippen LogP contribution in [0.1, 0.15) is 21.5 Å². The normalized spacial score (nSPS) is 18.5. The maximum absolute atomic E-state index is 12.9. The summed E-state index contributed by atoms with van der Waals surface area (Å²) in [4.78, 5) is 22.9. The fraction of sp³-hybridized carbons (Fsp3) is 0.360. The van der Waals surface area contributed by atoms with E-state index >= 15 is 0 Å². The number of aromatic nitrogens is 1. The van der Waals surface area contributed by atoms with Crippen LogP contribution >= 0.6 is 0 Å². The Hall–Kier alpha value is -3.36. The van der Waals surface area contributed by atoms with Gasteiger partial charge in [0, 0.05) is 52.3 Å². The van der Waals surface area contributed by atoms with E-state index in [0.717, 1.165) is 41.2 Å². The van der Waals surface area contributed by atoms with Crippen molar-refractivity contribution >= 4 is 22.9 Å². The molecule has 1 amide bonds. The number of aryl methyl sites for hydroxylation is 1. The number of amides is 1. The monoisotopic (exact) mass is 449 g/mol. The van der Waals surface area contributed by atoms with E-state index in [1.807, 2.05) is 74.4 Å². The predicted molar refractivity (Wildman–Crippen MR) is 130 cm³/mol. The number of aliphatic hydroxyl groups excluding tert-OH is 1. The lowest BCUT2D eigenvalue weighted by Crippen LogP contribution is -2.44. The van der Waals surface area contributed by atoms with Gasteiger partial charge in [0.25, 0.3) is 5.91 Å². The second-order valence-corrected chi connectivity index (χ2v) is 8.60. The van der Waals surface area contributed by atoms with E-state index in [9.17, 15) is 9.90 Å². The standard InChI is InChI=1S/C25H31N5O3/c1-17-5-6-20(27-24(31)18-11-21(28(2)3)15-26-14-18)13-22(17)19-12-23(25(32)29(4)16-19)30-7-9-33-10-8-30/h5-6,11-16,25,32H,7-10H2,1-4H3,(H,27,31). The van der Waals surface area contributed by atoms with Crippen LogP contribution in [0.4, 0.5) is 11.4 Å². The maximum Gasteiger partial charge on any atom is 0.257 e. The van der Waals surface area contributed by atoms with E-state index in [-0.39, 0.29) is 5.91 Å². The minimum absolute atomic E-state index is 0.212. The van der Waals surface area contributed by atoms with Crippen LogP contribution in [0.25, 0.3) is 5.57 Å². The van der Waals surface area contributed by atoms with Crippen molar-refractivity contribution in [3.63, 3.8) is 0 Å². The highest BCUT2D eigenvalue weighted by molar-refractivity contribution is 6.04. The number of hydrogen-bond acceptors (Lipinski definition) is 7. The quantitative estimate of drug-likeness (QED) is 0.726. The number of morpholine rings is 1. The molecule has 8 nitrogen and oxygen atoms in total. The number of anilines is 2. The summed E-state index contributed by atoms with van der Waals surface area (Å²) in [5.74, 6) is -0.212. The van der Waals surface area contributed by atoms with Crippen molar-refractivity contribution in [3.8, 4) is 0 Å². The first-order chi connectivity index (χ1) is 15.8. The Bertz CT molecular complexity index is 1090. The highest BCUT2D eigenvalue weighted by atomic mass is 16.5. The SMILES string of the molecule is Cc1ccc(NC(=O)c2cncc(N(C)C)c2)cc1C1=CN(C)C(O)C(N2CCOCC2)=C1. The zero-order valence-corrected chi connectivity index (χ0v) is 19.6. The molecule has 4 rings (SSSR count). The molecule has 8 heteroatoms. The van der Waals surface area contributed by atoms with Crippen molar-refractivity contribution in [2.24, 2.45) is 0 Å². The zero-order chi connectivity index (χ0) is 23.5. The summed E-state index contributed by atoms with van der Waals surface area (Å²) in [6.07, 6.45) is 6.56. The molecule has 2 aliphatic heterocycles. The number of nitrogens with zero attached hydrogens (tertiary/aromatic N) is 4. The summed E-state index contributed by atoms with van der Waals surface area (Å²) in [5.41, 5.74) is 5.98. The molecule has 1 unspecified atom stereocenters. The van der Waals surface area contributed by atoms with Gasteiger partial charge in [-0.15, -0.1) is 0 Å². The number of ether oxygens (including phenoxy) is 1. The van der Waals surface area contributed by atoms with Gasteiger partial charge in [0.05, 0.1) is 36.4 Å². The topological polar surface area (TPSA) is 81.2 Å². The number of carbonyl (C=O) groups excluding carboxylic acids is 1. The third kappa shape index (κ3) is 5.02. The van der Waals surface area contributed by atoms with Crippen molar-refractivity contribution in [2.75, 3.05) is 57.7 Å². The van der Waals surface area contributed by atoms with Crippen molar-refractivity contribution in [1.82, 2.24) is 14.8 Å². The molecular formula is C25H31N5O3. The molecule has 1 fully saturated rings. The molecule has 0 bridgehead atoms. The van der Waals surface area contributed by atoms with Crippen molar-refractivity contribution in [2.45, 2.75) is 13.2 Å². The van der Waals surface area contributed by atoms with Crippen LogP contribution in [-0.2, 0) is 4.74 Å². The molecule has 0 saturated carbocycles. The van der Waals surface area contributed by atoms with Gasteiger partial charge in [-0.2, -0.15) is 0 Å². The van der Waals surface area contributed by atoms with E-state index in [1.165, 1.54) is 0 Å². The smallest absolute Gasteiger partial charge is 0.257 e. The predicted octanol–water partition coefficient (Wildman–Crippen LogP) is 2.53. The lowest BCUT2D eigenvalue weighted by Gasteiger charge is -2.38. The van der Waals surface area contributed by atoms with Crippen LogP contribution in [0.5, 0.6) is 0 Å². The number of benzene rings is 1. The largest absolute Gasteiger partial charge is 0.378 e. The molecule has 2 aliphatic rings. The molecule has 0 spiro atoms. The molecule has 0 radical (unpaired) electrons. The fourth-order valence-electron chi connectivity index (χ4n) is 4.00. The number of aliphatic hydroxyl groups is 1. The van der Waals surface area contributed by atoms with Crippen LogP contribution in [0.15, 0.2) is 54.6 Å². The molecule has 1 aromatic heterocycles. The Balaban J connectivity index is 1.60. The minimum Gasteiger partial charge on any atom is -0.378 e. The highest BCUT2D eigenvalue weighted by Crippen LogP contribution is 2.31. The van der Waals surface area contributed by atoms with Gasteiger partial charge in [0.2, 0.25) is 0 Å². The summed E-state index contributed by atoms with van der Waals surface area (Å²) in [7, 11) is 5.69. The van der Waals surface area contributed by atoms with Gasteiger partial charge in [0.15, 0.2) is 6.23 Å². The summed E-state index contributed by atoms with van der Waals surface area (Å²) < 4.78 is 5.47. The average Bonchev–Trinajstić information content (AvgIpc) is 2.82. The Morgan fingerprint density at radius 2 is 1.97 bits per heavy atom. The second-order valence-electron chi connectivity index (χ2n) is 8.60. The lowest BCUT2D eigenvalue weighted by atomic mass is 9.97. The number of pyridine rings is 1. The molecule has 2 aromatic rings. The summed E-state index contributed by atoms with van der Waals surface area (Å²) in [5, 5.41) is 13.7. The number of likely N-dealkylation sites (N-methyl/N-ethyl adjacent to an activating group) is 1. The third-order valence-corrected chi connectivity index (χ3v) is 5.98.